The van der Waals surface area contributed by atoms with Crippen molar-refractivity contribution in [1.29, 1.82) is 0 Å². The molecule has 3 rings (SSSR count). The quantitative estimate of drug-likeness (QED) is 0.574. The third-order valence-electron chi connectivity index (χ3n) is 5.04. The SMILES string of the molecule is CC(C)N(Cc1ccc(Cl)c(Cl)c1)C(=O)CCc1ccc(S(=O)(=O)NC2CC2)cc1. The standard InChI is InChI=1S/C22H26Cl2N2O3S/c1-15(2)26(14-17-5-11-20(23)21(24)13-17)22(27)12-6-16-3-9-19(10-4-16)30(28,29)25-18-7-8-18/h3-5,9-11,13,15,18,25H,6-8,12,14H2,1-2H3. The van der Waals surface area contributed by atoms with Crippen LogP contribution in [0.3, 0.4) is 0 Å². The summed E-state index contributed by atoms with van der Waals surface area (Å²) in [4.78, 5) is 14.9. The van der Waals surface area contributed by atoms with Crippen LogP contribution in [0.25, 0.3) is 0 Å². The smallest absolute Gasteiger partial charge is 0.240 e. The Morgan fingerprint density at radius 1 is 1.07 bits per heavy atom. The number of hydrogen-bond acceptors (Lipinski definition) is 3. The molecule has 2 aromatic rings. The zero-order valence-corrected chi connectivity index (χ0v) is 19.4. The summed E-state index contributed by atoms with van der Waals surface area (Å²) in [6.45, 7) is 4.40. The van der Waals surface area contributed by atoms with Crippen LogP contribution in [0.1, 0.15) is 44.2 Å². The fraction of sp³-hybridized carbons (Fsp3) is 0.409. The van der Waals surface area contributed by atoms with Gasteiger partial charge in [-0.15, -0.1) is 0 Å². The molecular formula is C22H26Cl2N2O3S. The predicted octanol–water partition coefficient (Wildman–Crippen LogP) is 4.80. The van der Waals surface area contributed by atoms with Crippen molar-refractivity contribution in [3.8, 4) is 0 Å². The lowest BCUT2D eigenvalue weighted by Gasteiger charge is -2.27. The van der Waals surface area contributed by atoms with E-state index in [2.05, 4.69) is 4.72 Å². The molecule has 0 heterocycles. The van der Waals surface area contributed by atoms with Gasteiger partial charge < -0.3 is 4.90 Å². The van der Waals surface area contributed by atoms with Gasteiger partial charge in [-0.2, -0.15) is 0 Å². The van der Waals surface area contributed by atoms with E-state index < -0.39 is 10.0 Å². The summed E-state index contributed by atoms with van der Waals surface area (Å²) in [5.41, 5.74) is 1.84. The summed E-state index contributed by atoms with van der Waals surface area (Å²) < 4.78 is 27.2. The molecule has 0 unspecified atom stereocenters. The highest BCUT2D eigenvalue weighted by Gasteiger charge is 2.27. The van der Waals surface area contributed by atoms with E-state index in [1.165, 1.54) is 0 Å². The first-order valence-electron chi connectivity index (χ1n) is 10.0. The molecule has 0 spiro atoms. The number of benzene rings is 2. The summed E-state index contributed by atoms with van der Waals surface area (Å²) in [6, 6.07) is 12.2. The fourth-order valence-electron chi connectivity index (χ4n) is 3.11. The van der Waals surface area contributed by atoms with Crippen molar-refractivity contribution in [2.24, 2.45) is 0 Å². The molecule has 0 aromatic heterocycles. The lowest BCUT2D eigenvalue weighted by Crippen LogP contribution is -2.36. The Balaban J connectivity index is 1.60. The normalized spacial score (nSPS) is 14.2. The number of amides is 1. The molecule has 0 saturated heterocycles. The van der Waals surface area contributed by atoms with E-state index in [0.717, 1.165) is 24.0 Å². The summed E-state index contributed by atoms with van der Waals surface area (Å²) in [5, 5.41) is 0.956. The molecule has 1 aliphatic rings. The van der Waals surface area contributed by atoms with Gasteiger partial charge in [0.15, 0.2) is 0 Å². The van der Waals surface area contributed by atoms with Crippen LogP contribution < -0.4 is 4.72 Å². The van der Waals surface area contributed by atoms with Crippen molar-refractivity contribution < 1.29 is 13.2 Å². The molecule has 0 atom stereocenters. The van der Waals surface area contributed by atoms with Gasteiger partial charge in [0.2, 0.25) is 15.9 Å². The van der Waals surface area contributed by atoms with E-state index in [-0.39, 0.29) is 22.9 Å². The minimum Gasteiger partial charge on any atom is -0.336 e. The van der Waals surface area contributed by atoms with Crippen molar-refractivity contribution in [2.45, 2.75) is 63.1 Å². The monoisotopic (exact) mass is 468 g/mol. The number of carbonyl (C=O) groups is 1. The van der Waals surface area contributed by atoms with Crippen LogP contribution in [0.5, 0.6) is 0 Å². The van der Waals surface area contributed by atoms with Gasteiger partial charge in [0.05, 0.1) is 14.9 Å². The second-order valence-corrected chi connectivity index (χ2v) is 10.4. The molecule has 30 heavy (non-hydrogen) atoms. The number of aryl methyl sites for hydroxylation is 1. The number of nitrogens with zero attached hydrogens (tertiary/aromatic N) is 1. The summed E-state index contributed by atoms with van der Waals surface area (Å²) in [6.07, 6.45) is 2.67. The average molecular weight is 469 g/mol. The Labute approximate surface area is 188 Å². The van der Waals surface area contributed by atoms with Crippen LogP contribution in [0.2, 0.25) is 10.0 Å². The summed E-state index contributed by atoms with van der Waals surface area (Å²) in [7, 11) is -3.46. The van der Waals surface area contributed by atoms with Gasteiger partial charge in [-0.25, -0.2) is 13.1 Å². The van der Waals surface area contributed by atoms with Crippen LogP contribution in [-0.2, 0) is 27.8 Å². The highest BCUT2D eigenvalue weighted by molar-refractivity contribution is 7.89. The van der Waals surface area contributed by atoms with Crippen molar-refractivity contribution in [3.63, 3.8) is 0 Å². The van der Waals surface area contributed by atoms with Crippen LogP contribution in [0.15, 0.2) is 47.4 Å². The number of carbonyl (C=O) groups excluding carboxylic acids is 1. The lowest BCUT2D eigenvalue weighted by molar-refractivity contribution is -0.133. The van der Waals surface area contributed by atoms with Gasteiger partial charge in [-0.05, 0) is 68.5 Å². The first-order chi connectivity index (χ1) is 14.2. The van der Waals surface area contributed by atoms with Crippen molar-refractivity contribution in [1.82, 2.24) is 9.62 Å². The Morgan fingerprint density at radius 3 is 2.27 bits per heavy atom. The second-order valence-electron chi connectivity index (χ2n) is 7.90. The number of sulfonamides is 1. The molecule has 8 heteroatoms. The van der Waals surface area contributed by atoms with Crippen LogP contribution in [0.4, 0.5) is 0 Å². The third-order valence-corrected chi connectivity index (χ3v) is 7.32. The molecular weight excluding hydrogens is 443 g/mol. The van der Waals surface area contributed by atoms with Crippen molar-refractivity contribution in [3.05, 3.63) is 63.6 Å². The third kappa shape index (κ3) is 6.20. The maximum absolute atomic E-state index is 12.8. The molecule has 1 aliphatic carbocycles. The van der Waals surface area contributed by atoms with Crippen LogP contribution >= 0.6 is 23.2 Å². The van der Waals surface area contributed by atoms with E-state index in [4.69, 9.17) is 23.2 Å². The van der Waals surface area contributed by atoms with Crippen LogP contribution in [-0.4, -0.2) is 31.3 Å². The molecule has 1 fully saturated rings. The zero-order chi connectivity index (χ0) is 21.9. The largest absolute Gasteiger partial charge is 0.336 e. The van der Waals surface area contributed by atoms with Gasteiger partial charge in [0.25, 0.3) is 0 Å². The zero-order valence-electron chi connectivity index (χ0n) is 17.1. The number of nitrogens with one attached hydrogen (secondary N) is 1. The van der Waals surface area contributed by atoms with Crippen molar-refractivity contribution >= 4 is 39.1 Å². The molecule has 1 amide bonds. The maximum Gasteiger partial charge on any atom is 0.240 e. The van der Waals surface area contributed by atoms with E-state index in [1.54, 1.807) is 41.3 Å². The van der Waals surface area contributed by atoms with E-state index in [1.807, 2.05) is 19.9 Å². The first-order valence-corrected chi connectivity index (χ1v) is 12.2. The number of rotatable bonds is 9. The van der Waals surface area contributed by atoms with E-state index >= 15 is 0 Å². The Hall–Kier alpha value is -1.60. The molecule has 0 bridgehead atoms. The average Bonchev–Trinajstić information content (AvgIpc) is 3.50. The van der Waals surface area contributed by atoms with Gasteiger partial charge in [-0.1, -0.05) is 41.4 Å². The summed E-state index contributed by atoms with van der Waals surface area (Å²) in [5.74, 6) is 0.0307. The molecule has 0 aliphatic heterocycles. The minimum atomic E-state index is -3.46. The van der Waals surface area contributed by atoms with Gasteiger partial charge in [0.1, 0.15) is 0 Å². The molecule has 0 radical (unpaired) electrons. The number of hydrogen-bond donors (Lipinski definition) is 1. The topological polar surface area (TPSA) is 66.5 Å². The Bertz CT molecular complexity index is 1000. The van der Waals surface area contributed by atoms with Gasteiger partial charge >= 0.3 is 0 Å². The highest BCUT2D eigenvalue weighted by atomic mass is 35.5. The van der Waals surface area contributed by atoms with Gasteiger partial charge in [-0.3, -0.25) is 4.79 Å². The fourth-order valence-corrected chi connectivity index (χ4v) is 4.74. The summed E-state index contributed by atoms with van der Waals surface area (Å²) >= 11 is 12.1. The maximum atomic E-state index is 12.8. The minimum absolute atomic E-state index is 0.0307. The second kappa shape index (κ2) is 9.69. The molecule has 2 aromatic carbocycles. The van der Waals surface area contributed by atoms with Gasteiger partial charge in [0, 0.05) is 25.0 Å². The first kappa shape index (κ1) is 23.1. The Morgan fingerprint density at radius 2 is 1.70 bits per heavy atom. The lowest BCUT2D eigenvalue weighted by atomic mass is 10.1. The van der Waals surface area contributed by atoms with Crippen molar-refractivity contribution in [2.75, 3.05) is 0 Å². The molecule has 1 N–H and O–H groups in total. The van der Waals surface area contributed by atoms with E-state index in [9.17, 15) is 13.2 Å². The molecule has 5 nitrogen and oxygen atoms in total. The molecule has 162 valence electrons. The highest BCUT2D eigenvalue weighted by Crippen LogP contribution is 2.24. The van der Waals surface area contributed by atoms with Crippen LogP contribution in [0, 0.1) is 0 Å². The molecule has 1 saturated carbocycles. The van der Waals surface area contributed by atoms with E-state index in [0.29, 0.717) is 29.4 Å². The Kier molecular flexibility index (Phi) is 7.45. The predicted molar refractivity (Wildman–Crippen MR) is 120 cm³/mol. The number of halogens is 2.